The minimum atomic E-state index is 0.526. The van der Waals surface area contributed by atoms with E-state index in [1.54, 1.807) is 0 Å². The van der Waals surface area contributed by atoms with Crippen molar-refractivity contribution < 1.29 is 0 Å². The fraction of sp³-hybridized carbons (Fsp3) is 0.800. The summed E-state index contributed by atoms with van der Waals surface area (Å²) in [6.07, 6.45) is 7.71. The number of aryl methyl sites for hydroxylation is 1. The molecular formula is C15H28N4. The summed E-state index contributed by atoms with van der Waals surface area (Å²) in [4.78, 5) is 6.85. The highest BCUT2D eigenvalue weighted by Gasteiger charge is 2.34. The summed E-state index contributed by atoms with van der Waals surface area (Å²) in [6, 6.07) is 0.526. The van der Waals surface area contributed by atoms with E-state index in [9.17, 15) is 0 Å². The molecule has 4 nitrogen and oxygen atoms in total. The predicted molar refractivity (Wildman–Crippen MR) is 79.2 cm³/mol. The molecule has 1 N–H and O–H groups in total. The van der Waals surface area contributed by atoms with Crippen LogP contribution in [0.5, 0.6) is 0 Å². The normalized spacial score (nSPS) is 24.2. The van der Waals surface area contributed by atoms with Crippen LogP contribution in [0.2, 0.25) is 0 Å². The molecule has 0 amide bonds. The molecule has 0 radical (unpaired) electrons. The van der Waals surface area contributed by atoms with Crippen LogP contribution >= 0.6 is 0 Å². The van der Waals surface area contributed by atoms with Gasteiger partial charge in [-0.2, -0.15) is 0 Å². The Morgan fingerprint density at radius 1 is 1.37 bits per heavy atom. The average Bonchev–Trinajstić information content (AvgIpc) is 2.97. The van der Waals surface area contributed by atoms with Crippen molar-refractivity contribution in [2.75, 3.05) is 26.7 Å². The van der Waals surface area contributed by atoms with Gasteiger partial charge in [0.1, 0.15) is 0 Å². The molecule has 1 aliphatic heterocycles. The fourth-order valence-corrected chi connectivity index (χ4v) is 3.18. The van der Waals surface area contributed by atoms with Crippen molar-refractivity contribution in [1.29, 1.82) is 0 Å². The second kappa shape index (κ2) is 7.06. The third kappa shape index (κ3) is 3.37. The minimum Gasteiger partial charge on any atom is -0.333 e. The van der Waals surface area contributed by atoms with Gasteiger partial charge in [-0.05, 0) is 51.9 Å². The Bertz CT molecular complexity index is 374. The third-order valence-corrected chi connectivity index (χ3v) is 4.12. The summed E-state index contributed by atoms with van der Waals surface area (Å²) in [6.45, 7) is 8.97. The van der Waals surface area contributed by atoms with Crippen LogP contribution in [0.1, 0.15) is 44.8 Å². The molecule has 2 heterocycles. The molecule has 1 fully saturated rings. The Labute approximate surface area is 117 Å². The summed E-state index contributed by atoms with van der Waals surface area (Å²) in [5.74, 6) is 0.712. The number of likely N-dealkylation sites (tertiary alicyclic amines) is 1. The van der Waals surface area contributed by atoms with Crippen molar-refractivity contribution in [1.82, 2.24) is 19.8 Å². The van der Waals surface area contributed by atoms with E-state index < -0.39 is 0 Å². The Morgan fingerprint density at radius 2 is 2.21 bits per heavy atom. The zero-order valence-electron chi connectivity index (χ0n) is 12.6. The zero-order valence-corrected chi connectivity index (χ0v) is 12.6. The number of rotatable bonds is 7. The quantitative estimate of drug-likeness (QED) is 0.767. The van der Waals surface area contributed by atoms with E-state index in [4.69, 9.17) is 0 Å². The van der Waals surface area contributed by atoms with Crippen LogP contribution in [0.15, 0.2) is 12.5 Å². The highest BCUT2D eigenvalue weighted by Crippen LogP contribution is 2.35. The fourth-order valence-electron chi connectivity index (χ4n) is 3.18. The third-order valence-electron chi connectivity index (χ3n) is 4.12. The van der Waals surface area contributed by atoms with E-state index in [1.807, 2.05) is 6.33 Å². The maximum atomic E-state index is 4.37. The lowest BCUT2D eigenvalue weighted by atomic mass is 9.97. The number of hydrogen-bond acceptors (Lipinski definition) is 3. The molecule has 19 heavy (non-hydrogen) atoms. The van der Waals surface area contributed by atoms with E-state index in [2.05, 4.69) is 46.9 Å². The highest BCUT2D eigenvalue weighted by molar-refractivity contribution is 5.10. The van der Waals surface area contributed by atoms with E-state index >= 15 is 0 Å². The van der Waals surface area contributed by atoms with E-state index in [0.29, 0.717) is 12.0 Å². The average molecular weight is 264 g/mol. The largest absolute Gasteiger partial charge is 0.333 e. The van der Waals surface area contributed by atoms with Crippen LogP contribution in [0.25, 0.3) is 0 Å². The second-order valence-corrected chi connectivity index (χ2v) is 5.69. The predicted octanol–water partition coefficient (Wildman–Crippen LogP) is 2.29. The topological polar surface area (TPSA) is 33.1 Å². The van der Waals surface area contributed by atoms with E-state index in [-0.39, 0.29) is 0 Å². The molecule has 0 spiro atoms. The first-order valence-electron chi connectivity index (χ1n) is 7.68. The molecule has 108 valence electrons. The Morgan fingerprint density at radius 3 is 2.95 bits per heavy atom. The molecule has 4 heteroatoms. The van der Waals surface area contributed by atoms with Gasteiger partial charge in [-0.1, -0.05) is 13.8 Å². The molecule has 0 aromatic carbocycles. The van der Waals surface area contributed by atoms with Gasteiger partial charge in [0.15, 0.2) is 0 Å². The smallest absolute Gasteiger partial charge is 0.0948 e. The molecule has 2 atom stereocenters. The van der Waals surface area contributed by atoms with Crippen LogP contribution in [0.3, 0.4) is 0 Å². The number of imidazole rings is 1. The standard InChI is InChI=1S/C15H28N4/c1-4-7-16-10-13-6-9-18(3)15(13)14-11-17-12-19(14)8-5-2/h11-13,15-16H,4-10H2,1-3H3. The summed E-state index contributed by atoms with van der Waals surface area (Å²) < 4.78 is 2.33. The molecule has 2 rings (SSSR count). The minimum absolute atomic E-state index is 0.526. The van der Waals surface area contributed by atoms with E-state index in [1.165, 1.54) is 31.5 Å². The van der Waals surface area contributed by atoms with Crippen LogP contribution in [0, 0.1) is 5.92 Å². The SMILES string of the molecule is CCCNCC1CCN(C)C1c1cncn1CCC. The zero-order chi connectivity index (χ0) is 13.7. The van der Waals surface area contributed by atoms with Crippen LogP contribution in [0.4, 0.5) is 0 Å². The number of hydrogen-bond donors (Lipinski definition) is 1. The van der Waals surface area contributed by atoms with Crippen molar-refractivity contribution in [2.24, 2.45) is 5.92 Å². The van der Waals surface area contributed by atoms with Crippen LogP contribution in [-0.4, -0.2) is 41.1 Å². The van der Waals surface area contributed by atoms with Crippen molar-refractivity contribution >= 4 is 0 Å². The van der Waals surface area contributed by atoms with E-state index in [0.717, 1.165) is 19.6 Å². The first-order valence-corrected chi connectivity index (χ1v) is 7.68. The lowest BCUT2D eigenvalue weighted by molar-refractivity contribution is 0.259. The number of nitrogens with zero attached hydrogens (tertiary/aromatic N) is 3. The van der Waals surface area contributed by atoms with Gasteiger partial charge in [0.25, 0.3) is 0 Å². The first-order chi connectivity index (χ1) is 9.27. The second-order valence-electron chi connectivity index (χ2n) is 5.69. The van der Waals surface area contributed by atoms with Gasteiger partial charge in [0.2, 0.25) is 0 Å². The first kappa shape index (κ1) is 14.5. The molecule has 2 unspecified atom stereocenters. The summed E-state index contributed by atoms with van der Waals surface area (Å²) in [5.41, 5.74) is 1.39. The van der Waals surface area contributed by atoms with Gasteiger partial charge >= 0.3 is 0 Å². The van der Waals surface area contributed by atoms with Gasteiger partial charge in [-0.25, -0.2) is 4.98 Å². The molecule has 1 aliphatic rings. The molecule has 0 aliphatic carbocycles. The van der Waals surface area contributed by atoms with Gasteiger partial charge in [0, 0.05) is 12.7 Å². The highest BCUT2D eigenvalue weighted by atomic mass is 15.2. The van der Waals surface area contributed by atoms with Crippen molar-refractivity contribution in [3.8, 4) is 0 Å². The summed E-state index contributed by atoms with van der Waals surface area (Å²) >= 11 is 0. The maximum Gasteiger partial charge on any atom is 0.0948 e. The lowest BCUT2D eigenvalue weighted by Crippen LogP contribution is -2.30. The molecule has 1 saturated heterocycles. The van der Waals surface area contributed by atoms with Crippen LogP contribution < -0.4 is 5.32 Å². The monoisotopic (exact) mass is 264 g/mol. The Balaban J connectivity index is 2.07. The van der Waals surface area contributed by atoms with Gasteiger partial charge in [0.05, 0.1) is 18.1 Å². The molecule has 1 aromatic rings. The number of nitrogens with one attached hydrogen (secondary N) is 1. The lowest BCUT2D eigenvalue weighted by Gasteiger charge is -2.26. The summed E-state index contributed by atoms with van der Waals surface area (Å²) in [7, 11) is 2.24. The number of aromatic nitrogens is 2. The van der Waals surface area contributed by atoms with Crippen molar-refractivity contribution in [2.45, 2.75) is 45.7 Å². The summed E-state index contributed by atoms with van der Waals surface area (Å²) in [5, 5.41) is 3.58. The van der Waals surface area contributed by atoms with Gasteiger partial charge in [-0.3, -0.25) is 4.90 Å². The van der Waals surface area contributed by atoms with Crippen LogP contribution in [-0.2, 0) is 6.54 Å². The van der Waals surface area contributed by atoms with Crippen molar-refractivity contribution in [3.05, 3.63) is 18.2 Å². The Hall–Kier alpha value is -0.870. The van der Waals surface area contributed by atoms with Crippen molar-refractivity contribution in [3.63, 3.8) is 0 Å². The van der Waals surface area contributed by atoms with Gasteiger partial charge < -0.3 is 9.88 Å². The maximum absolute atomic E-state index is 4.37. The molecule has 1 aromatic heterocycles. The molecule has 0 saturated carbocycles. The Kier molecular flexibility index (Phi) is 5.40. The molecular weight excluding hydrogens is 236 g/mol. The van der Waals surface area contributed by atoms with Gasteiger partial charge in [-0.15, -0.1) is 0 Å². The molecule has 0 bridgehead atoms.